The molecule has 0 aliphatic carbocycles. The molecule has 0 amide bonds. The Morgan fingerprint density at radius 2 is 2.23 bits per heavy atom. The number of methoxy groups -OCH3 is 1. The number of nitrogens with one attached hydrogen (secondary N) is 2. The first-order chi connectivity index (χ1) is 10.7. The number of aromatic nitrogens is 2. The van der Waals surface area contributed by atoms with Crippen molar-refractivity contribution < 1.29 is 4.74 Å². The molecule has 1 aromatic rings. The van der Waals surface area contributed by atoms with Gasteiger partial charge in [-0.15, -0.1) is 0 Å². The fourth-order valence-electron chi connectivity index (χ4n) is 2.02. The summed E-state index contributed by atoms with van der Waals surface area (Å²) in [5, 5.41) is 10.8. The van der Waals surface area contributed by atoms with E-state index >= 15 is 0 Å². The zero-order chi connectivity index (χ0) is 16.2. The van der Waals surface area contributed by atoms with E-state index < -0.39 is 0 Å². The maximum atomic E-state index is 5.06. The summed E-state index contributed by atoms with van der Waals surface area (Å²) in [5.41, 5.74) is 1.11. The van der Waals surface area contributed by atoms with Gasteiger partial charge in [0, 0.05) is 58.7 Å². The van der Waals surface area contributed by atoms with E-state index in [1.165, 1.54) is 0 Å². The minimum absolute atomic E-state index is 0.632. The Bertz CT molecular complexity index is 431. The Morgan fingerprint density at radius 3 is 2.86 bits per heavy atom. The van der Waals surface area contributed by atoms with Crippen molar-refractivity contribution in [3.8, 4) is 0 Å². The molecule has 0 aliphatic rings. The molecule has 1 heterocycles. The summed E-state index contributed by atoms with van der Waals surface area (Å²) in [6, 6.07) is 0. The molecular formula is C15H30N6O. The van der Waals surface area contributed by atoms with E-state index in [-0.39, 0.29) is 0 Å². The number of likely N-dealkylation sites (N-methyl/N-ethyl adjacent to an activating group) is 1. The highest BCUT2D eigenvalue weighted by Crippen LogP contribution is 1.98. The molecule has 126 valence electrons. The van der Waals surface area contributed by atoms with E-state index in [0.29, 0.717) is 6.54 Å². The number of rotatable bonds is 10. The van der Waals surface area contributed by atoms with Crippen molar-refractivity contribution in [3.63, 3.8) is 0 Å². The van der Waals surface area contributed by atoms with Crippen LogP contribution in [0.25, 0.3) is 0 Å². The summed E-state index contributed by atoms with van der Waals surface area (Å²) in [6.07, 6.45) is 4.88. The van der Waals surface area contributed by atoms with Crippen molar-refractivity contribution in [1.29, 1.82) is 0 Å². The third-order valence-electron chi connectivity index (χ3n) is 3.20. The lowest BCUT2D eigenvalue weighted by molar-refractivity contribution is 0.180. The minimum atomic E-state index is 0.632. The molecule has 0 spiro atoms. The molecule has 0 atom stereocenters. The molecule has 0 saturated carbocycles. The molecule has 7 heteroatoms. The highest BCUT2D eigenvalue weighted by atomic mass is 16.5. The van der Waals surface area contributed by atoms with Gasteiger partial charge >= 0.3 is 0 Å². The second-order valence-electron chi connectivity index (χ2n) is 5.29. The molecular weight excluding hydrogens is 280 g/mol. The Morgan fingerprint density at radius 1 is 1.41 bits per heavy atom. The van der Waals surface area contributed by atoms with Crippen LogP contribution in [0.1, 0.15) is 18.9 Å². The number of hydrogen-bond donors (Lipinski definition) is 2. The highest BCUT2D eigenvalue weighted by molar-refractivity contribution is 5.79. The molecule has 2 N–H and O–H groups in total. The maximum absolute atomic E-state index is 5.06. The van der Waals surface area contributed by atoms with Crippen molar-refractivity contribution in [2.24, 2.45) is 12.0 Å². The number of hydrogen-bond acceptors (Lipinski definition) is 4. The van der Waals surface area contributed by atoms with Gasteiger partial charge in [0.05, 0.1) is 12.7 Å². The largest absolute Gasteiger partial charge is 0.385 e. The van der Waals surface area contributed by atoms with Crippen molar-refractivity contribution in [1.82, 2.24) is 25.3 Å². The Kier molecular flexibility index (Phi) is 9.25. The van der Waals surface area contributed by atoms with Crippen molar-refractivity contribution in [2.75, 3.05) is 46.9 Å². The predicted octanol–water partition coefficient (Wildman–Crippen LogP) is 0.444. The van der Waals surface area contributed by atoms with Crippen LogP contribution in [-0.2, 0) is 18.3 Å². The average Bonchev–Trinajstić information content (AvgIpc) is 2.91. The zero-order valence-electron chi connectivity index (χ0n) is 14.3. The third kappa shape index (κ3) is 7.99. The van der Waals surface area contributed by atoms with Gasteiger partial charge in [0.2, 0.25) is 0 Å². The summed E-state index contributed by atoms with van der Waals surface area (Å²) in [6.45, 7) is 7.24. The summed E-state index contributed by atoms with van der Waals surface area (Å²) in [4.78, 5) is 6.86. The van der Waals surface area contributed by atoms with Gasteiger partial charge < -0.3 is 20.3 Å². The Labute approximate surface area is 133 Å². The lowest BCUT2D eigenvalue weighted by Crippen LogP contribution is -2.41. The topological polar surface area (TPSA) is 66.7 Å². The van der Waals surface area contributed by atoms with E-state index in [1.54, 1.807) is 11.8 Å². The van der Waals surface area contributed by atoms with Crippen LogP contribution in [0, 0.1) is 0 Å². The van der Waals surface area contributed by atoms with Crippen molar-refractivity contribution >= 4 is 5.96 Å². The van der Waals surface area contributed by atoms with Gasteiger partial charge in [0.15, 0.2) is 5.96 Å². The first-order valence-electron chi connectivity index (χ1n) is 7.83. The second-order valence-corrected chi connectivity index (χ2v) is 5.29. The van der Waals surface area contributed by atoms with Crippen LogP contribution >= 0.6 is 0 Å². The molecule has 22 heavy (non-hydrogen) atoms. The fourth-order valence-corrected chi connectivity index (χ4v) is 2.02. The second kappa shape index (κ2) is 11.0. The zero-order valence-corrected chi connectivity index (χ0v) is 14.3. The standard InChI is InChI=1S/C15H30N6O/c1-5-16-15(18-11-14-12-19-21(3)13-14)17-7-9-20(2)8-6-10-22-4/h12-13H,5-11H2,1-4H3,(H2,16,17,18). The van der Waals surface area contributed by atoms with Crippen LogP contribution in [0.15, 0.2) is 17.4 Å². The molecule has 0 aromatic carbocycles. The normalized spacial score (nSPS) is 12.0. The van der Waals surface area contributed by atoms with Crippen molar-refractivity contribution in [2.45, 2.75) is 19.9 Å². The predicted molar refractivity (Wildman–Crippen MR) is 90.0 cm³/mol. The van der Waals surface area contributed by atoms with Gasteiger partial charge in [-0.25, -0.2) is 4.99 Å². The van der Waals surface area contributed by atoms with E-state index in [4.69, 9.17) is 4.74 Å². The summed E-state index contributed by atoms with van der Waals surface area (Å²) < 4.78 is 6.86. The summed E-state index contributed by atoms with van der Waals surface area (Å²) >= 11 is 0. The van der Waals surface area contributed by atoms with Gasteiger partial charge in [-0.1, -0.05) is 0 Å². The van der Waals surface area contributed by atoms with Crippen LogP contribution in [0.2, 0.25) is 0 Å². The van der Waals surface area contributed by atoms with Crippen LogP contribution in [-0.4, -0.2) is 67.6 Å². The molecule has 0 radical (unpaired) electrons. The quantitative estimate of drug-likeness (QED) is 0.373. The smallest absolute Gasteiger partial charge is 0.191 e. The fraction of sp³-hybridized carbons (Fsp3) is 0.733. The number of aliphatic imine (C=N–C) groups is 1. The summed E-state index contributed by atoms with van der Waals surface area (Å²) in [7, 11) is 5.77. The molecule has 0 saturated heterocycles. The number of guanidine groups is 1. The van der Waals surface area contributed by atoms with E-state index in [0.717, 1.165) is 50.7 Å². The molecule has 1 aromatic heterocycles. The monoisotopic (exact) mass is 310 g/mol. The number of nitrogens with zero attached hydrogens (tertiary/aromatic N) is 4. The van der Waals surface area contributed by atoms with Crippen LogP contribution in [0.3, 0.4) is 0 Å². The molecule has 0 aliphatic heterocycles. The summed E-state index contributed by atoms with van der Waals surface area (Å²) in [5.74, 6) is 0.844. The number of aryl methyl sites for hydroxylation is 1. The van der Waals surface area contributed by atoms with Crippen LogP contribution in [0.5, 0.6) is 0 Å². The molecule has 0 bridgehead atoms. The van der Waals surface area contributed by atoms with Crippen molar-refractivity contribution in [3.05, 3.63) is 18.0 Å². The van der Waals surface area contributed by atoms with Crippen LogP contribution in [0.4, 0.5) is 0 Å². The van der Waals surface area contributed by atoms with Gasteiger partial charge in [0.25, 0.3) is 0 Å². The van der Waals surface area contributed by atoms with E-state index in [1.807, 2.05) is 19.4 Å². The third-order valence-corrected chi connectivity index (χ3v) is 3.20. The Balaban J connectivity index is 2.30. The first-order valence-corrected chi connectivity index (χ1v) is 7.83. The van der Waals surface area contributed by atoms with Gasteiger partial charge in [-0.3, -0.25) is 4.68 Å². The van der Waals surface area contributed by atoms with E-state index in [9.17, 15) is 0 Å². The minimum Gasteiger partial charge on any atom is -0.385 e. The lowest BCUT2D eigenvalue weighted by Gasteiger charge is -2.18. The average molecular weight is 310 g/mol. The molecule has 7 nitrogen and oxygen atoms in total. The highest BCUT2D eigenvalue weighted by Gasteiger charge is 2.01. The molecule has 0 unspecified atom stereocenters. The maximum Gasteiger partial charge on any atom is 0.191 e. The van der Waals surface area contributed by atoms with Gasteiger partial charge in [-0.05, 0) is 20.4 Å². The molecule has 0 fully saturated rings. The first kappa shape index (κ1) is 18.4. The van der Waals surface area contributed by atoms with Gasteiger partial charge in [0.1, 0.15) is 0 Å². The number of ether oxygens (including phenoxy) is 1. The van der Waals surface area contributed by atoms with E-state index in [2.05, 4.69) is 39.6 Å². The molecule has 1 rings (SSSR count). The van der Waals surface area contributed by atoms with Crippen LogP contribution < -0.4 is 10.6 Å². The lowest BCUT2D eigenvalue weighted by atomic mass is 10.4. The Hall–Kier alpha value is -1.60. The van der Waals surface area contributed by atoms with Gasteiger partial charge in [-0.2, -0.15) is 5.10 Å². The SMILES string of the molecule is CCNC(=NCc1cnn(C)c1)NCCN(C)CCCOC.